The molecule has 4 nitrogen and oxygen atoms in total. The average molecular weight is 347 g/mol. The Hall–Kier alpha value is -2.88. The molecule has 0 aliphatic carbocycles. The molecule has 0 radical (unpaired) electrons. The first kappa shape index (κ1) is 17.9. The Morgan fingerprint density at radius 3 is 2.58 bits per heavy atom. The number of fused-ring (bicyclic) bond motifs is 1. The maximum absolute atomic E-state index is 12.4. The van der Waals surface area contributed by atoms with Crippen LogP contribution in [0, 0.1) is 0 Å². The number of amides is 1. The van der Waals surface area contributed by atoms with E-state index >= 15 is 0 Å². The Bertz CT molecular complexity index is 881. The number of hydrazone groups is 1. The van der Waals surface area contributed by atoms with E-state index in [0.717, 1.165) is 47.9 Å². The minimum Gasteiger partial charge on any atom is -0.338 e. The van der Waals surface area contributed by atoms with Crippen molar-refractivity contribution < 1.29 is 4.79 Å². The first-order valence-electron chi connectivity index (χ1n) is 9.22. The highest BCUT2D eigenvalue weighted by molar-refractivity contribution is 6.01. The van der Waals surface area contributed by atoms with Crippen molar-refractivity contribution in [2.45, 2.75) is 39.2 Å². The number of hydrogen-bond donors (Lipinski definition) is 1. The third-order valence-electron chi connectivity index (χ3n) is 4.43. The summed E-state index contributed by atoms with van der Waals surface area (Å²) < 4.78 is 1.94. The van der Waals surface area contributed by atoms with Crippen molar-refractivity contribution in [1.29, 1.82) is 0 Å². The van der Waals surface area contributed by atoms with E-state index in [2.05, 4.69) is 17.5 Å². The first-order valence-corrected chi connectivity index (χ1v) is 9.22. The number of benzene rings is 2. The number of nitrogens with zero attached hydrogens (tertiary/aromatic N) is 2. The van der Waals surface area contributed by atoms with Gasteiger partial charge in [0.15, 0.2) is 0 Å². The van der Waals surface area contributed by atoms with E-state index in [1.165, 1.54) is 0 Å². The molecule has 3 rings (SSSR count). The zero-order chi connectivity index (χ0) is 18.2. The Morgan fingerprint density at radius 1 is 1.00 bits per heavy atom. The summed E-state index contributed by atoms with van der Waals surface area (Å²) in [4.78, 5) is 12.4. The first-order chi connectivity index (χ1) is 12.8. The van der Waals surface area contributed by atoms with Crippen LogP contribution >= 0.6 is 0 Å². The Morgan fingerprint density at radius 2 is 1.77 bits per heavy atom. The highest BCUT2D eigenvalue weighted by atomic mass is 16.2. The van der Waals surface area contributed by atoms with E-state index in [9.17, 15) is 4.79 Å². The van der Waals surface area contributed by atoms with Gasteiger partial charge in [-0.3, -0.25) is 4.79 Å². The standard InChI is InChI=1S/C22H25N3O/c1-2-3-5-13-20(18-10-6-4-7-11-18)23-24-22(26)17-25-16-15-19-12-8-9-14-21(19)25/h4,6-12,14-16H,2-3,5,13,17H2,1H3,(H,24,26)/b23-20+. The lowest BCUT2D eigenvalue weighted by molar-refractivity contribution is -0.121. The summed E-state index contributed by atoms with van der Waals surface area (Å²) in [5.74, 6) is -0.115. The lowest BCUT2D eigenvalue weighted by Gasteiger charge is -2.08. The molecular formula is C22H25N3O. The molecule has 0 bridgehead atoms. The maximum atomic E-state index is 12.4. The molecule has 0 saturated carbocycles. The predicted molar refractivity (Wildman–Crippen MR) is 107 cm³/mol. The Balaban J connectivity index is 1.69. The summed E-state index contributed by atoms with van der Waals surface area (Å²) in [7, 11) is 0. The van der Waals surface area contributed by atoms with Crippen LogP contribution in [-0.4, -0.2) is 16.2 Å². The van der Waals surface area contributed by atoms with E-state index < -0.39 is 0 Å². The molecule has 1 N–H and O–H groups in total. The van der Waals surface area contributed by atoms with Crippen LogP contribution in [0.2, 0.25) is 0 Å². The largest absolute Gasteiger partial charge is 0.338 e. The zero-order valence-electron chi connectivity index (χ0n) is 15.2. The number of carbonyl (C=O) groups is 1. The monoisotopic (exact) mass is 347 g/mol. The molecule has 0 unspecified atom stereocenters. The van der Waals surface area contributed by atoms with Gasteiger partial charge >= 0.3 is 0 Å². The summed E-state index contributed by atoms with van der Waals surface area (Å²) in [6.45, 7) is 2.44. The minimum absolute atomic E-state index is 0.115. The molecular weight excluding hydrogens is 322 g/mol. The second-order valence-electron chi connectivity index (χ2n) is 6.42. The van der Waals surface area contributed by atoms with Gasteiger partial charge in [0.1, 0.15) is 6.54 Å². The molecule has 134 valence electrons. The van der Waals surface area contributed by atoms with Crippen molar-refractivity contribution >= 4 is 22.5 Å². The summed E-state index contributed by atoms with van der Waals surface area (Å²) in [6.07, 6.45) is 6.20. The van der Waals surface area contributed by atoms with Gasteiger partial charge in [0, 0.05) is 11.7 Å². The van der Waals surface area contributed by atoms with E-state index in [1.807, 2.05) is 71.4 Å². The third kappa shape index (κ3) is 4.60. The molecule has 0 fully saturated rings. The van der Waals surface area contributed by atoms with Crippen molar-refractivity contribution in [1.82, 2.24) is 9.99 Å². The molecule has 0 spiro atoms. The average Bonchev–Trinajstić information content (AvgIpc) is 3.08. The SMILES string of the molecule is CCCCC/C(=N\NC(=O)Cn1ccc2ccccc21)c1ccccc1. The van der Waals surface area contributed by atoms with Gasteiger partial charge in [0.05, 0.1) is 5.71 Å². The molecule has 2 aromatic carbocycles. The lowest BCUT2D eigenvalue weighted by atomic mass is 10.0. The lowest BCUT2D eigenvalue weighted by Crippen LogP contribution is -2.24. The van der Waals surface area contributed by atoms with Crippen molar-refractivity contribution in [2.24, 2.45) is 5.10 Å². The highest BCUT2D eigenvalue weighted by Crippen LogP contribution is 2.14. The van der Waals surface area contributed by atoms with Crippen LogP contribution in [0.15, 0.2) is 72.0 Å². The second kappa shape index (κ2) is 8.99. The topological polar surface area (TPSA) is 46.4 Å². The fourth-order valence-electron chi connectivity index (χ4n) is 3.04. The van der Waals surface area contributed by atoms with E-state index in [4.69, 9.17) is 0 Å². The normalized spacial score (nSPS) is 11.7. The smallest absolute Gasteiger partial charge is 0.259 e. The quantitative estimate of drug-likeness (QED) is 0.357. The number of aromatic nitrogens is 1. The number of rotatable bonds is 8. The predicted octanol–water partition coefficient (Wildman–Crippen LogP) is 4.74. The zero-order valence-corrected chi connectivity index (χ0v) is 15.2. The molecule has 0 aliphatic heterocycles. The third-order valence-corrected chi connectivity index (χ3v) is 4.43. The van der Waals surface area contributed by atoms with Gasteiger partial charge < -0.3 is 4.57 Å². The molecule has 1 aromatic heterocycles. The molecule has 0 atom stereocenters. The Labute approximate surface area is 154 Å². The van der Waals surface area contributed by atoms with Gasteiger partial charge in [-0.15, -0.1) is 0 Å². The second-order valence-corrected chi connectivity index (χ2v) is 6.42. The van der Waals surface area contributed by atoms with Gasteiger partial charge in [-0.2, -0.15) is 5.10 Å². The Kier molecular flexibility index (Phi) is 6.20. The molecule has 1 heterocycles. The van der Waals surface area contributed by atoms with Crippen LogP contribution in [-0.2, 0) is 11.3 Å². The number of carbonyl (C=O) groups excluding carboxylic acids is 1. The van der Waals surface area contributed by atoms with Crippen LogP contribution in [0.3, 0.4) is 0 Å². The molecule has 0 saturated heterocycles. The van der Waals surface area contributed by atoms with E-state index in [1.54, 1.807) is 0 Å². The van der Waals surface area contributed by atoms with Gasteiger partial charge in [-0.05, 0) is 35.9 Å². The van der Waals surface area contributed by atoms with E-state index in [0.29, 0.717) is 0 Å². The van der Waals surface area contributed by atoms with Crippen LogP contribution in [0.25, 0.3) is 10.9 Å². The van der Waals surface area contributed by atoms with Gasteiger partial charge in [-0.25, -0.2) is 5.43 Å². The van der Waals surface area contributed by atoms with Gasteiger partial charge in [0.2, 0.25) is 0 Å². The van der Waals surface area contributed by atoms with E-state index in [-0.39, 0.29) is 12.5 Å². The van der Waals surface area contributed by atoms with Crippen LogP contribution in [0.1, 0.15) is 38.2 Å². The minimum atomic E-state index is -0.115. The fourth-order valence-corrected chi connectivity index (χ4v) is 3.04. The van der Waals surface area contributed by atoms with Crippen LogP contribution < -0.4 is 5.43 Å². The van der Waals surface area contributed by atoms with Crippen molar-refractivity contribution in [2.75, 3.05) is 0 Å². The van der Waals surface area contributed by atoms with Crippen LogP contribution in [0.4, 0.5) is 0 Å². The summed E-state index contributed by atoms with van der Waals surface area (Å²) >= 11 is 0. The molecule has 1 amide bonds. The van der Waals surface area contributed by atoms with Gasteiger partial charge in [0.25, 0.3) is 5.91 Å². The van der Waals surface area contributed by atoms with Crippen molar-refractivity contribution in [3.8, 4) is 0 Å². The molecule has 3 aromatic rings. The fraction of sp³-hybridized carbons (Fsp3) is 0.273. The molecule has 0 aliphatic rings. The number of hydrogen-bond acceptors (Lipinski definition) is 2. The summed E-state index contributed by atoms with van der Waals surface area (Å²) in [6, 6.07) is 20.1. The number of nitrogens with one attached hydrogen (secondary N) is 1. The van der Waals surface area contributed by atoms with Crippen molar-refractivity contribution in [3.05, 3.63) is 72.4 Å². The molecule has 4 heteroatoms. The summed E-state index contributed by atoms with van der Waals surface area (Å²) in [5.41, 5.74) is 5.79. The van der Waals surface area contributed by atoms with Gasteiger partial charge in [-0.1, -0.05) is 68.3 Å². The summed E-state index contributed by atoms with van der Waals surface area (Å²) in [5, 5.41) is 5.56. The maximum Gasteiger partial charge on any atom is 0.259 e. The van der Waals surface area contributed by atoms with Crippen LogP contribution in [0.5, 0.6) is 0 Å². The molecule has 26 heavy (non-hydrogen) atoms. The number of para-hydroxylation sites is 1. The number of unbranched alkanes of at least 4 members (excludes halogenated alkanes) is 2. The highest BCUT2D eigenvalue weighted by Gasteiger charge is 2.07. The van der Waals surface area contributed by atoms with Crippen molar-refractivity contribution in [3.63, 3.8) is 0 Å².